The van der Waals surface area contributed by atoms with Crippen LogP contribution in [0.15, 0.2) is 47.4 Å². The molecule has 2 fully saturated rings. The molecular formula is C19H20N2O4S3. The minimum Gasteiger partial charge on any atom is -0.352 e. The van der Waals surface area contributed by atoms with Crippen molar-refractivity contribution >= 4 is 56.0 Å². The highest BCUT2D eigenvalue weighted by Gasteiger charge is 2.32. The van der Waals surface area contributed by atoms with Crippen LogP contribution in [0.2, 0.25) is 0 Å². The number of hydrogen-bond donors (Lipinski definition) is 1. The van der Waals surface area contributed by atoms with Crippen LogP contribution in [0.3, 0.4) is 0 Å². The summed E-state index contributed by atoms with van der Waals surface area (Å²) < 4.78 is 23.3. The molecule has 0 saturated carbocycles. The first-order valence-corrected chi connectivity index (χ1v) is 11.9. The van der Waals surface area contributed by atoms with Crippen molar-refractivity contribution in [3.8, 4) is 0 Å². The number of sulfone groups is 1. The summed E-state index contributed by atoms with van der Waals surface area (Å²) in [6.07, 6.45) is 5.93. The van der Waals surface area contributed by atoms with Crippen molar-refractivity contribution in [3.63, 3.8) is 0 Å². The Hall–Kier alpha value is -1.97. The van der Waals surface area contributed by atoms with Gasteiger partial charge in [0.1, 0.15) is 4.32 Å². The number of carbonyl (C=O) groups excluding carboxylic acids is 2. The minimum atomic E-state index is -3.04. The summed E-state index contributed by atoms with van der Waals surface area (Å²) >= 11 is 6.46. The van der Waals surface area contributed by atoms with Gasteiger partial charge in [0.15, 0.2) is 9.84 Å². The molecule has 1 atom stereocenters. The third-order valence-corrected chi connectivity index (χ3v) is 7.53. The molecule has 0 radical (unpaired) electrons. The maximum absolute atomic E-state index is 12.5. The summed E-state index contributed by atoms with van der Waals surface area (Å²) in [5.74, 6) is -0.405. The molecule has 28 heavy (non-hydrogen) atoms. The average Bonchev–Trinajstić information content (AvgIpc) is 3.12. The van der Waals surface area contributed by atoms with Crippen LogP contribution in [0.1, 0.15) is 18.4 Å². The molecular weight excluding hydrogens is 416 g/mol. The van der Waals surface area contributed by atoms with Crippen LogP contribution in [-0.4, -0.2) is 53.5 Å². The van der Waals surface area contributed by atoms with Crippen LogP contribution in [0.25, 0.3) is 6.08 Å². The predicted octanol–water partition coefficient (Wildman–Crippen LogP) is 2.14. The van der Waals surface area contributed by atoms with Crippen LogP contribution in [0, 0.1) is 0 Å². The van der Waals surface area contributed by atoms with Gasteiger partial charge in [-0.15, -0.1) is 0 Å². The number of nitrogens with zero attached hydrogens (tertiary/aromatic N) is 1. The molecule has 0 aliphatic carbocycles. The number of hydrogen-bond acceptors (Lipinski definition) is 6. The van der Waals surface area contributed by atoms with Crippen molar-refractivity contribution in [2.75, 3.05) is 18.1 Å². The quantitative estimate of drug-likeness (QED) is 0.543. The van der Waals surface area contributed by atoms with Gasteiger partial charge in [-0.1, -0.05) is 66.5 Å². The molecule has 0 spiro atoms. The first kappa shape index (κ1) is 20.8. The number of allylic oxidation sites excluding steroid dienone is 2. The van der Waals surface area contributed by atoms with E-state index in [1.165, 1.54) is 16.7 Å². The van der Waals surface area contributed by atoms with Gasteiger partial charge in [0, 0.05) is 19.0 Å². The second kappa shape index (κ2) is 9.02. The third-order valence-electron chi connectivity index (χ3n) is 4.37. The monoisotopic (exact) mass is 436 g/mol. The Morgan fingerprint density at radius 1 is 1.32 bits per heavy atom. The van der Waals surface area contributed by atoms with Crippen LogP contribution in [0.4, 0.5) is 0 Å². The second-order valence-electron chi connectivity index (χ2n) is 6.54. The maximum atomic E-state index is 12.5. The highest BCUT2D eigenvalue weighted by atomic mass is 32.2. The summed E-state index contributed by atoms with van der Waals surface area (Å²) in [4.78, 5) is 26.5. The molecule has 148 valence electrons. The van der Waals surface area contributed by atoms with Gasteiger partial charge in [-0.25, -0.2) is 8.42 Å². The van der Waals surface area contributed by atoms with E-state index in [4.69, 9.17) is 12.2 Å². The van der Waals surface area contributed by atoms with E-state index in [0.717, 1.165) is 5.56 Å². The van der Waals surface area contributed by atoms with Crippen molar-refractivity contribution in [1.29, 1.82) is 0 Å². The highest BCUT2D eigenvalue weighted by molar-refractivity contribution is 8.26. The van der Waals surface area contributed by atoms with Gasteiger partial charge in [0.05, 0.1) is 16.4 Å². The van der Waals surface area contributed by atoms with Gasteiger partial charge in [-0.05, 0) is 18.1 Å². The lowest BCUT2D eigenvalue weighted by atomic mass is 10.2. The normalized spacial score (nSPS) is 23.1. The molecule has 2 heterocycles. The van der Waals surface area contributed by atoms with E-state index in [2.05, 4.69) is 5.32 Å². The molecule has 1 aromatic carbocycles. The zero-order valence-electron chi connectivity index (χ0n) is 15.0. The van der Waals surface area contributed by atoms with Gasteiger partial charge in [0.2, 0.25) is 5.91 Å². The average molecular weight is 437 g/mol. The van der Waals surface area contributed by atoms with Gasteiger partial charge >= 0.3 is 0 Å². The zero-order valence-corrected chi connectivity index (χ0v) is 17.5. The third kappa shape index (κ3) is 5.52. The molecule has 2 amide bonds. The van der Waals surface area contributed by atoms with Gasteiger partial charge < -0.3 is 5.32 Å². The fourth-order valence-corrected chi connectivity index (χ4v) is 5.87. The lowest BCUT2D eigenvalue weighted by molar-refractivity contribution is -0.124. The van der Waals surface area contributed by atoms with E-state index in [1.54, 1.807) is 12.2 Å². The van der Waals surface area contributed by atoms with Crippen LogP contribution in [-0.2, 0) is 19.4 Å². The molecule has 1 unspecified atom stereocenters. The Balaban J connectivity index is 1.51. The molecule has 3 rings (SSSR count). The Morgan fingerprint density at radius 2 is 2.07 bits per heavy atom. The molecule has 6 nitrogen and oxygen atoms in total. The molecule has 0 aromatic heterocycles. The molecule has 1 N–H and O–H groups in total. The van der Waals surface area contributed by atoms with E-state index < -0.39 is 9.84 Å². The lowest BCUT2D eigenvalue weighted by Gasteiger charge is -2.15. The van der Waals surface area contributed by atoms with Crippen molar-refractivity contribution in [1.82, 2.24) is 10.2 Å². The van der Waals surface area contributed by atoms with Crippen molar-refractivity contribution < 1.29 is 18.0 Å². The summed E-state index contributed by atoms with van der Waals surface area (Å²) in [6, 6.07) is 9.39. The van der Waals surface area contributed by atoms with E-state index in [-0.39, 0.29) is 42.3 Å². The summed E-state index contributed by atoms with van der Waals surface area (Å²) in [5.41, 5.74) is 1.03. The number of rotatable bonds is 6. The summed E-state index contributed by atoms with van der Waals surface area (Å²) in [7, 11) is -3.04. The molecule has 2 saturated heterocycles. The number of thioether (sulfide) groups is 1. The number of thiocarbonyl (C=S) groups is 1. The van der Waals surface area contributed by atoms with Crippen molar-refractivity contribution in [2.45, 2.75) is 18.9 Å². The molecule has 1 aromatic rings. The van der Waals surface area contributed by atoms with Crippen LogP contribution in [0.5, 0.6) is 0 Å². The zero-order chi connectivity index (χ0) is 20.1. The summed E-state index contributed by atoms with van der Waals surface area (Å²) in [5, 5.41) is 2.72. The van der Waals surface area contributed by atoms with E-state index in [1.807, 2.05) is 36.4 Å². The van der Waals surface area contributed by atoms with E-state index >= 15 is 0 Å². The standard InChI is InChI=1S/C19H20N2O4S3/c22-17(20-15-10-12-28(24,25)13-15)9-11-21-18(23)16(27-19(21)26)8-4-7-14-5-2-1-3-6-14/h1-8,15H,9-13H2,(H,20,22). The predicted molar refractivity (Wildman–Crippen MR) is 115 cm³/mol. The first-order chi connectivity index (χ1) is 13.3. The first-order valence-electron chi connectivity index (χ1n) is 8.81. The Kier molecular flexibility index (Phi) is 6.69. The SMILES string of the molecule is O=C(CCN1C(=O)C(=CC=Cc2ccccc2)SC1=S)NC1CCS(=O)(=O)C1. The fraction of sp³-hybridized carbons (Fsp3) is 0.316. The Bertz CT molecular complexity index is 939. The number of benzene rings is 1. The number of carbonyl (C=O) groups is 2. The summed E-state index contributed by atoms with van der Waals surface area (Å²) in [6.45, 7) is 0.176. The van der Waals surface area contributed by atoms with E-state index in [9.17, 15) is 18.0 Å². The van der Waals surface area contributed by atoms with Gasteiger partial charge in [0.25, 0.3) is 5.91 Å². The molecule has 0 bridgehead atoms. The fourth-order valence-electron chi connectivity index (χ4n) is 2.94. The smallest absolute Gasteiger partial charge is 0.266 e. The molecule has 2 aliphatic rings. The molecule has 2 aliphatic heterocycles. The maximum Gasteiger partial charge on any atom is 0.266 e. The van der Waals surface area contributed by atoms with Gasteiger partial charge in [-0.2, -0.15) is 0 Å². The minimum absolute atomic E-state index is 0.0176. The topological polar surface area (TPSA) is 83.6 Å². The highest BCUT2D eigenvalue weighted by Crippen LogP contribution is 2.31. The number of amides is 2. The van der Waals surface area contributed by atoms with Crippen molar-refractivity contribution in [2.24, 2.45) is 0 Å². The van der Waals surface area contributed by atoms with E-state index in [0.29, 0.717) is 15.6 Å². The van der Waals surface area contributed by atoms with Gasteiger partial charge in [-0.3, -0.25) is 14.5 Å². The Labute approximate surface area is 174 Å². The lowest BCUT2D eigenvalue weighted by Crippen LogP contribution is -2.38. The Morgan fingerprint density at radius 3 is 2.75 bits per heavy atom. The largest absolute Gasteiger partial charge is 0.352 e. The molecule has 9 heteroatoms. The van der Waals surface area contributed by atoms with Crippen molar-refractivity contribution in [3.05, 3.63) is 53.0 Å². The number of nitrogens with one attached hydrogen (secondary N) is 1. The van der Waals surface area contributed by atoms with Crippen LogP contribution >= 0.6 is 24.0 Å². The van der Waals surface area contributed by atoms with Crippen LogP contribution < -0.4 is 5.32 Å². The second-order valence-corrected chi connectivity index (χ2v) is 10.4.